The number of hydrogen-bond donors (Lipinski definition) is 3. The molecular weight excluding hydrogens is 461 g/mol. The van der Waals surface area contributed by atoms with Gasteiger partial charge >= 0.3 is 0 Å². The van der Waals surface area contributed by atoms with Crippen molar-refractivity contribution in [3.8, 4) is 5.75 Å². The molecule has 189 valence electrons. The molecule has 1 aromatic heterocycles. The lowest BCUT2D eigenvalue weighted by Gasteiger charge is -2.52. The normalized spacial score (nSPS) is 22.3. The van der Waals surface area contributed by atoms with Crippen molar-refractivity contribution in [1.29, 1.82) is 0 Å². The second-order valence-electron chi connectivity index (χ2n) is 9.96. The van der Waals surface area contributed by atoms with Crippen molar-refractivity contribution in [2.45, 2.75) is 49.2 Å². The van der Waals surface area contributed by atoms with E-state index in [4.69, 9.17) is 9.72 Å². The van der Waals surface area contributed by atoms with Gasteiger partial charge in [0.25, 0.3) is 0 Å². The number of nitrogens with one attached hydrogen (secondary N) is 3. The van der Waals surface area contributed by atoms with E-state index in [0.717, 1.165) is 24.2 Å². The highest BCUT2D eigenvalue weighted by molar-refractivity contribution is 6.45. The van der Waals surface area contributed by atoms with E-state index in [1.54, 1.807) is 14.2 Å². The standard InChI is InChI=1S/C29H33BN5O2/c1-4-26(36)33-22-18-23(24(37-3)19-21(22)31-2)34-27-32-17-12-25(35-27)29-15-8-13-28(30-29,14-9-16-29)20-10-6-5-7-11-20/h4-7,10-12,17-19,31H,1,8-9,13-16H2,2-3H3,(H,33,36)(H,32,34,35). The molecule has 2 saturated heterocycles. The maximum atomic E-state index is 12.0. The zero-order chi connectivity index (χ0) is 25.9. The number of aromatic nitrogens is 2. The molecule has 0 unspecified atom stereocenters. The first-order chi connectivity index (χ1) is 18.0. The quantitative estimate of drug-likeness (QED) is 0.281. The third-order valence-electron chi connectivity index (χ3n) is 7.86. The number of carbonyl (C=O) groups is 1. The number of anilines is 4. The van der Waals surface area contributed by atoms with Crippen LogP contribution >= 0.6 is 0 Å². The SMILES string of the molecule is C=CC(=O)Nc1cc(Nc2nccc(C34[B]C(c5ccccc5)(CCC3)CCC4)n2)c(OC)cc1NC. The molecule has 0 spiro atoms. The molecule has 1 amide bonds. The number of amides is 1. The highest BCUT2D eigenvalue weighted by Gasteiger charge is 2.50. The lowest BCUT2D eigenvalue weighted by molar-refractivity contribution is -0.111. The van der Waals surface area contributed by atoms with Crippen LogP contribution in [0, 0.1) is 0 Å². The Labute approximate surface area is 219 Å². The molecule has 0 aliphatic carbocycles. The summed E-state index contributed by atoms with van der Waals surface area (Å²) in [4.78, 5) is 21.5. The molecule has 0 saturated carbocycles. The van der Waals surface area contributed by atoms with Gasteiger partial charge in [0.05, 0.1) is 24.2 Å². The minimum atomic E-state index is -0.294. The molecule has 2 aromatic carbocycles. The average molecular weight is 494 g/mol. The number of rotatable bonds is 8. The maximum Gasteiger partial charge on any atom is 0.247 e. The second-order valence-corrected chi connectivity index (χ2v) is 9.96. The number of carbonyl (C=O) groups excluding carboxylic acids is 1. The molecule has 0 atom stereocenters. The van der Waals surface area contributed by atoms with Crippen LogP contribution in [0.3, 0.4) is 0 Å². The van der Waals surface area contributed by atoms with Crippen LogP contribution in [0.4, 0.5) is 23.0 Å². The van der Waals surface area contributed by atoms with Gasteiger partial charge in [-0.25, -0.2) is 9.97 Å². The summed E-state index contributed by atoms with van der Waals surface area (Å²) in [7, 11) is 6.00. The Morgan fingerprint density at radius 3 is 2.43 bits per heavy atom. The Bertz CT molecular complexity index is 1290. The predicted molar refractivity (Wildman–Crippen MR) is 150 cm³/mol. The zero-order valence-electron chi connectivity index (χ0n) is 21.5. The van der Waals surface area contributed by atoms with Crippen LogP contribution in [0.15, 0.2) is 67.4 Å². The number of ether oxygens (including phenoxy) is 1. The van der Waals surface area contributed by atoms with Crippen LogP contribution in [0.5, 0.6) is 5.75 Å². The Kier molecular flexibility index (Phi) is 6.91. The van der Waals surface area contributed by atoms with Gasteiger partial charge in [-0.05, 0) is 47.2 Å². The van der Waals surface area contributed by atoms with E-state index in [-0.39, 0.29) is 16.5 Å². The van der Waals surface area contributed by atoms with Crippen molar-refractivity contribution in [1.82, 2.24) is 9.97 Å². The summed E-state index contributed by atoms with van der Waals surface area (Å²) in [6.45, 7) is 3.54. The van der Waals surface area contributed by atoms with Gasteiger partial charge < -0.3 is 20.7 Å². The van der Waals surface area contributed by atoms with Crippen LogP contribution in [-0.4, -0.2) is 37.3 Å². The Morgan fingerprint density at radius 2 is 1.76 bits per heavy atom. The smallest absolute Gasteiger partial charge is 0.247 e. The van der Waals surface area contributed by atoms with Crippen molar-refractivity contribution in [3.63, 3.8) is 0 Å². The number of hydrogen-bond acceptors (Lipinski definition) is 6. The highest BCUT2D eigenvalue weighted by Crippen LogP contribution is 2.52. The Balaban J connectivity index is 1.46. The number of methoxy groups -OCH3 is 1. The number of fused-ring (bicyclic) bond motifs is 2. The van der Waals surface area contributed by atoms with Crippen molar-refractivity contribution in [3.05, 3.63) is 78.6 Å². The predicted octanol–water partition coefficient (Wildman–Crippen LogP) is 5.56. The first-order valence-corrected chi connectivity index (χ1v) is 12.9. The van der Waals surface area contributed by atoms with E-state index in [0.29, 0.717) is 23.1 Å². The lowest BCUT2D eigenvalue weighted by Crippen LogP contribution is -2.54. The van der Waals surface area contributed by atoms with Gasteiger partial charge in [0.15, 0.2) is 0 Å². The summed E-state index contributed by atoms with van der Waals surface area (Å²) >= 11 is 0. The van der Waals surface area contributed by atoms with E-state index >= 15 is 0 Å². The highest BCUT2D eigenvalue weighted by atomic mass is 16.5. The fourth-order valence-electron chi connectivity index (χ4n) is 6.14. The molecule has 2 bridgehead atoms. The molecule has 3 N–H and O–H groups in total. The molecule has 8 heteroatoms. The third kappa shape index (κ3) is 4.80. The molecule has 3 aromatic rings. The van der Waals surface area contributed by atoms with E-state index < -0.39 is 0 Å². The molecule has 3 heterocycles. The molecular formula is C29H33BN5O2. The molecule has 1 radical (unpaired) electrons. The second kappa shape index (κ2) is 10.3. The molecule has 2 fully saturated rings. The summed E-state index contributed by atoms with van der Waals surface area (Å²) in [5, 5.41) is 9.28. The van der Waals surface area contributed by atoms with Gasteiger partial charge in [0, 0.05) is 25.0 Å². The molecule has 2 aliphatic rings. The topological polar surface area (TPSA) is 88.2 Å². The van der Waals surface area contributed by atoms with Gasteiger partial charge in [0.2, 0.25) is 11.9 Å². The summed E-state index contributed by atoms with van der Waals surface area (Å²) in [6.07, 6.45) is 9.96. The molecule has 5 rings (SSSR count). The summed E-state index contributed by atoms with van der Waals surface area (Å²) < 4.78 is 5.62. The fourth-order valence-corrected chi connectivity index (χ4v) is 6.14. The van der Waals surface area contributed by atoms with Crippen molar-refractivity contribution >= 4 is 36.2 Å². The van der Waals surface area contributed by atoms with Crippen molar-refractivity contribution in [2.75, 3.05) is 30.1 Å². The first kappa shape index (κ1) is 24.9. The monoisotopic (exact) mass is 494 g/mol. The van der Waals surface area contributed by atoms with E-state index in [2.05, 4.69) is 71.2 Å². The van der Waals surface area contributed by atoms with Gasteiger partial charge in [-0.3, -0.25) is 4.79 Å². The average Bonchev–Trinajstić information content (AvgIpc) is 2.94. The van der Waals surface area contributed by atoms with E-state index in [1.165, 1.54) is 37.3 Å². The van der Waals surface area contributed by atoms with Crippen LogP contribution in [0.25, 0.3) is 0 Å². The summed E-state index contributed by atoms with van der Waals surface area (Å²) in [5.74, 6) is 0.813. The van der Waals surface area contributed by atoms with Gasteiger partial charge in [0.1, 0.15) is 13.0 Å². The third-order valence-corrected chi connectivity index (χ3v) is 7.86. The number of nitrogens with zero attached hydrogens (tertiary/aromatic N) is 2. The van der Waals surface area contributed by atoms with Crippen LogP contribution in [-0.2, 0) is 15.4 Å². The van der Waals surface area contributed by atoms with Crippen LogP contribution < -0.4 is 20.7 Å². The van der Waals surface area contributed by atoms with E-state index in [9.17, 15) is 4.79 Å². The minimum Gasteiger partial charge on any atom is -0.494 e. The van der Waals surface area contributed by atoms with Crippen LogP contribution in [0.2, 0.25) is 0 Å². The zero-order valence-corrected chi connectivity index (χ0v) is 21.5. The maximum absolute atomic E-state index is 12.0. The van der Waals surface area contributed by atoms with Crippen LogP contribution in [0.1, 0.15) is 49.8 Å². The first-order valence-electron chi connectivity index (χ1n) is 12.9. The Hall–Kier alpha value is -3.81. The lowest BCUT2D eigenvalue weighted by atomic mass is 9.27. The van der Waals surface area contributed by atoms with E-state index in [1.807, 2.05) is 18.3 Å². The fraction of sp³-hybridized carbons (Fsp3) is 0.345. The Morgan fingerprint density at radius 1 is 1.03 bits per heavy atom. The summed E-state index contributed by atoms with van der Waals surface area (Å²) in [6, 6.07) is 16.6. The minimum absolute atomic E-state index is 0.0745. The van der Waals surface area contributed by atoms with Crippen molar-refractivity contribution < 1.29 is 9.53 Å². The number of benzene rings is 2. The molecule has 7 nitrogen and oxygen atoms in total. The van der Waals surface area contributed by atoms with Gasteiger partial charge in [-0.2, -0.15) is 0 Å². The summed E-state index contributed by atoms with van der Waals surface area (Å²) in [5.41, 5.74) is 4.45. The van der Waals surface area contributed by atoms with Crippen molar-refractivity contribution in [2.24, 2.45) is 0 Å². The van der Waals surface area contributed by atoms with Gasteiger partial charge in [-0.1, -0.05) is 62.6 Å². The molecule has 2 aliphatic heterocycles. The molecule has 37 heavy (non-hydrogen) atoms. The van der Waals surface area contributed by atoms with Gasteiger partial charge in [-0.15, -0.1) is 0 Å². The largest absolute Gasteiger partial charge is 0.494 e.